The van der Waals surface area contributed by atoms with Crippen molar-refractivity contribution in [3.8, 4) is 5.75 Å². The SMILES string of the molecule is CCCCOc1ccc(C(=O)NCC2(OC)CCN(S(C)(=O)=O)CC2)cc1. The highest BCUT2D eigenvalue weighted by atomic mass is 32.2. The van der Waals surface area contributed by atoms with Gasteiger partial charge in [0.05, 0.1) is 18.5 Å². The molecule has 0 aliphatic carbocycles. The summed E-state index contributed by atoms with van der Waals surface area (Å²) in [5.74, 6) is 0.568. The Balaban J connectivity index is 1.88. The van der Waals surface area contributed by atoms with E-state index in [1.165, 1.54) is 10.6 Å². The van der Waals surface area contributed by atoms with Crippen LogP contribution in [0.4, 0.5) is 0 Å². The van der Waals surface area contributed by atoms with Crippen LogP contribution in [0.2, 0.25) is 0 Å². The zero-order valence-corrected chi connectivity index (χ0v) is 17.2. The second-order valence-electron chi connectivity index (χ2n) is 6.96. The third-order valence-corrected chi connectivity index (χ3v) is 6.29. The molecule has 0 spiro atoms. The highest BCUT2D eigenvalue weighted by Crippen LogP contribution is 2.26. The van der Waals surface area contributed by atoms with E-state index in [0.29, 0.717) is 44.6 Å². The van der Waals surface area contributed by atoms with Gasteiger partial charge in [-0.15, -0.1) is 0 Å². The molecular formula is C19H30N2O5S. The van der Waals surface area contributed by atoms with E-state index in [0.717, 1.165) is 18.6 Å². The lowest BCUT2D eigenvalue weighted by molar-refractivity contribution is -0.0424. The summed E-state index contributed by atoms with van der Waals surface area (Å²) < 4.78 is 36.0. The van der Waals surface area contributed by atoms with E-state index in [1.807, 2.05) is 0 Å². The standard InChI is InChI=1S/C19H30N2O5S/c1-4-5-14-26-17-8-6-16(7-9-17)18(22)20-15-19(25-2)10-12-21(13-11-19)27(3,23)24/h6-9H,4-5,10-15H2,1-3H3,(H,20,22). The zero-order chi connectivity index (χ0) is 19.9. The monoisotopic (exact) mass is 398 g/mol. The number of rotatable bonds is 9. The van der Waals surface area contributed by atoms with Crippen molar-refractivity contribution in [2.75, 3.05) is 39.6 Å². The Kier molecular flexibility index (Phi) is 7.64. The van der Waals surface area contributed by atoms with Crippen LogP contribution in [0.5, 0.6) is 5.75 Å². The molecule has 1 fully saturated rings. The smallest absolute Gasteiger partial charge is 0.251 e. The van der Waals surface area contributed by atoms with Crippen LogP contribution in [0, 0.1) is 0 Å². The maximum absolute atomic E-state index is 12.4. The van der Waals surface area contributed by atoms with Gasteiger partial charge in [0, 0.05) is 32.3 Å². The van der Waals surface area contributed by atoms with Crippen LogP contribution in [0.1, 0.15) is 43.0 Å². The van der Waals surface area contributed by atoms with Crippen LogP contribution in [-0.2, 0) is 14.8 Å². The average molecular weight is 399 g/mol. The maximum atomic E-state index is 12.4. The summed E-state index contributed by atoms with van der Waals surface area (Å²) in [4.78, 5) is 12.4. The highest BCUT2D eigenvalue weighted by molar-refractivity contribution is 7.88. The maximum Gasteiger partial charge on any atom is 0.251 e. The first kappa shape index (κ1) is 21.7. The minimum Gasteiger partial charge on any atom is -0.494 e. The molecule has 1 saturated heterocycles. The molecule has 1 aromatic carbocycles. The molecule has 8 heteroatoms. The summed E-state index contributed by atoms with van der Waals surface area (Å²) in [6.07, 6.45) is 4.37. The topological polar surface area (TPSA) is 84.9 Å². The summed E-state index contributed by atoms with van der Waals surface area (Å²) >= 11 is 0. The van der Waals surface area contributed by atoms with Gasteiger partial charge in [-0.05, 0) is 43.5 Å². The van der Waals surface area contributed by atoms with E-state index in [1.54, 1.807) is 31.4 Å². The molecule has 1 N–H and O–H groups in total. The summed E-state index contributed by atoms with van der Waals surface area (Å²) in [7, 11) is -1.59. The fraction of sp³-hybridized carbons (Fsp3) is 0.632. The number of benzene rings is 1. The van der Waals surface area contributed by atoms with Crippen molar-refractivity contribution >= 4 is 15.9 Å². The molecule has 1 aromatic rings. The van der Waals surface area contributed by atoms with E-state index < -0.39 is 15.6 Å². The van der Waals surface area contributed by atoms with E-state index in [2.05, 4.69) is 12.2 Å². The van der Waals surface area contributed by atoms with Gasteiger partial charge < -0.3 is 14.8 Å². The minimum atomic E-state index is -3.19. The number of methoxy groups -OCH3 is 1. The molecule has 0 aromatic heterocycles. The Labute approximate surface area is 162 Å². The van der Waals surface area contributed by atoms with E-state index >= 15 is 0 Å². The molecule has 1 amide bonds. The van der Waals surface area contributed by atoms with E-state index in [-0.39, 0.29) is 5.91 Å². The number of carbonyl (C=O) groups is 1. The fourth-order valence-corrected chi connectivity index (χ4v) is 3.90. The third kappa shape index (κ3) is 6.19. The molecule has 0 atom stereocenters. The molecule has 7 nitrogen and oxygen atoms in total. The number of sulfonamides is 1. The zero-order valence-electron chi connectivity index (χ0n) is 16.4. The summed E-state index contributed by atoms with van der Waals surface area (Å²) in [6.45, 7) is 3.91. The fourth-order valence-electron chi connectivity index (χ4n) is 3.06. The lowest BCUT2D eigenvalue weighted by Gasteiger charge is -2.39. The molecule has 27 heavy (non-hydrogen) atoms. The molecule has 1 heterocycles. The highest BCUT2D eigenvalue weighted by Gasteiger charge is 2.37. The Bertz CT molecular complexity index is 710. The molecule has 0 unspecified atom stereocenters. The van der Waals surface area contributed by atoms with Gasteiger partial charge in [-0.1, -0.05) is 13.3 Å². The quantitative estimate of drug-likeness (QED) is 0.644. The van der Waals surface area contributed by atoms with Crippen LogP contribution >= 0.6 is 0 Å². The molecule has 0 saturated carbocycles. The number of nitrogens with zero attached hydrogens (tertiary/aromatic N) is 1. The normalized spacial score (nSPS) is 17.4. The predicted molar refractivity (Wildman–Crippen MR) is 105 cm³/mol. The van der Waals surface area contributed by atoms with Crippen LogP contribution in [0.25, 0.3) is 0 Å². The minimum absolute atomic E-state index is 0.183. The Morgan fingerprint density at radius 2 is 1.85 bits per heavy atom. The first-order valence-corrected chi connectivity index (χ1v) is 11.2. The largest absolute Gasteiger partial charge is 0.494 e. The molecule has 0 radical (unpaired) electrons. The van der Waals surface area contributed by atoms with Crippen molar-refractivity contribution in [2.45, 2.75) is 38.2 Å². The number of amides is 1. The van der Waals surface area contributed by atoms with E-state index in [4.69, 9.17) is 9.47 Å². The first-order chi connectivity index (χ1) is 12.8. The summed E-state index contributed by atoms with van der Waals surface area (Å²) in [6, 6.07) is 7.06. The van der Waals surface area contributed by atoms with Crippen molar-refractivity contribution in [1.29, 1.82) is 0 Å². The Morgan fingerprint density at radius 3 is 2.37 bits per heavy atom. The molecule has 0 bridgehead atoms. The Morgan fingerprint density at radius 1 is 1.22 bits per heavy atom. The van der Waals surface area contributed by atoms with E-state index in [9.17, 15) is 13.2 Å². The van der Waals surface area contributed by atoms with Gasteiger partial charge in [-0.2, -0.15) is 0 Å². The summed E-state index contributed by atoms with van der Waals surface area (Å²) in [5.41, 5.74) is 0.0118. The molecule has 152 valence electrons. The van der Waals surface area contributed by atoms with Crippen molar-refractivity contribution < 1.29 is 22.7 Å². The van der Waals surface area contributed by atoms with Gasteiger partial charge in [0.25, 0.3) is 5.91 Å². The second-order valence-corrected chi connectivity index (χ2v) is 8.94. The number of hydrogen-bond acceptors (Lipinski definition) is 5. The number of nitrogens with one attached hydrogen (secondary N) is 1. The van der Waals surface area contributed by atoms with Gasteiger partial charge in [0.15, 0.2) is 0 Å². The lowest BCUT2D eigenvalue weighted by Crippen LogP contribution is -2.52. The number of hydrogen-bond donors (Lipinski definition) is 1. The molecule has 2 rings (SSSR count). The number of unbranched alkanes of at least 4 members (excludes halogenated alkanes) is 1. The summed E-state index contributed by atoms with van der Waals surface area (Å²) in [5, 5.41) is 2.91. The van der Waals surface area contributed by atoms with Crippen LogP contribution < -0.4 is 10.1 Å². The van der Waals surface area contributed by atoms with Gasteiger partial charge in [-0.25, -0.2) is 12.7 Å². The van der Waals surface area contributed by atoms with Gasteiger partial charge in [0.1, 0.15) is 5.75 Å². The molecule has 1 aliphatic heterocycles. The lowest BCUT2D eigenvalue weighted by atomic mass is 9.92. The third-order valence-electron chi connectivity index (χ3n) is 4.99. The van der Waals surface area contributed by atoms with Crippen LogP contribution in [0.15, 0.2) is 24.3 Å². The number of carbonyl (C=O) groups excluding carboxylic acids is 1. The second kappa shape index (κ2) is 9.52. The van der Waals surface area contributed by atoms with Crippen molar-refractivity contribution in [3.63, 3.8) is 0 Å². The van der Waals surface area contributed by atoms with Crippen molar-refractivity contribution in [1.82, 2.24) is 9.62 Å². The first-order valence-electron chi connectivity index (χ1n) is 9.31. The van der Waals surface area contributed by atoms with Crippen molar-refractivity contribution in [3.05, 3.63) is 29.8 Å². The van der Waals surface area contributed by atoms with Gasteiger partial charge in [0.2, 0.25) is 10.0 Å². The number of piperidine rings is 1. The molecule has 1 aliphatic rings. The van der Waals surface area contributed by atoms with Crippen LogP contribution in [0.3, 0.4) is 0 Å². The molecular weight excluding hydrogens is 368 g/mol. The average Bonchev–Trinajstić information content (AvgIpc) is 2.66. The van der Waals surface area contributed by atoms with Crippen LogP contribution in [-0.4, -0.2) is 63.8 Å². The van der Waals surface area contributed by atoms with Gasteiger partial charge >= 0.3 is 0 Å². The predicted octanol–water partition coefficient (Wildman–Crippen LogP) is 2.04. The number of ether oxygens (including phenoxy) is 2. The van der Waals surface area contributed by atoms with Gasteiger partial charge in [-0.3, -0.25) is 4.79 Å². The Hall–Kier alpha value is -1.64. The van der Waals surface area contributed by atoms with Crippen molar-refractivity contribution in [2.24, 2.45) is 0 Å².